The Bertz CT molecular complexity index is 553. The summed E-state index contributed by atoms with van der Waals surface area (Å²) in [4.78, 5) is 22.8. The van der Waals surface area contributed by atoms with E-state index in [4.69, 9.17) is 9.47 Å². The highest BCUT2D eigenvalue weighted by atomic mass is 16.6. The molecular formula is C17H25N3O3. The molecule has 6 heteroatoms. The van der Waals surface area contributed by atoms with Gasteiger partial charge in [-0.25, -0.2) is 9.78 Å². The second-order valence-electron chi connectivity index (χ2n) is 7.48. The van der Waals surface area contributed by atoms with Crippen LogP contribution < -0.4 is 4.74 Å². The third kappa shape index (κ3) is 3.74. The van der Waals surface area contributed by atoms with Crippen LogP contribution in [0.25, 0.3) is 0 Å². The van der Waals surface area contributed by atoms with Gasteiger partial charge in [0, 0.05) is 24.9 Å². The van der Waals surface area contributed by atoms with E-state index < -0.39 is 5.60 Å². The first-order valence-corrected chi connectivity index (χ1v) is 8.28. The number of rotatable bonds is 2. The number of carbonyl (C=O) groups is 1. The van der Waals surface area contributed by atoms with Gasteiger partial charge in [0.25, 0.3) is 0 Å². The summed E-state index contributed by atoms with van der Waals surface area (Å²) < 4.78 is 11.5. The summed E-state index contributed by atoms with van der Waals surface area (Å²) in [6, 6.07) is 0.402. The first-order valence-electron chi connectivity index (χ1n) is 8.28. The minimum absolute atomic E-state index is 0.0863. The van der Waals surface area contributed by atoms with Gasteiger partial charge < -0.3 is 14.4 Å². The van der Waals surface area contributed by atoms with Crippen LogP contribution in [0.5, 0.6) is 5.88 Å². The van der Waals surface area contributed by atoms with E-state index in [-0.39, 0.29) is 24.3 Å². The van der Waals surface area contributed by atoms with E-state index in [1.807, 2.05) is 32.6 Å². The monoisotopic (exact) mass is 319 g/mol. The van der Waals surface area contributed by atoms with Crippen LogP contribution in [-0.4, -0.2) is 44.7 Å². The zero-order valence-corrected chi connectivity index (χ0v) is 14.3. The predicted octanol–water partition coefficient (Wildman–Crippen LogP) is 3.09. The summed E-state index contributed by atoms with van der Waals surface area (Å²) in [5.41, 5.74) is 0.415. The van der Waals surface area contributed by atoms with Crippen LogP contribution in [0.2, 0.25) is 0 Å². The van der Waals surface area contributed by atoms with E-state index >= 15 is 0 Å². The average Bonchev–Trinajstić information content (AvgIpc) is 2.72. The molecule has 0 saturated carbocycles. The number of ether oxygens (including phenoxy) is 2. The Labute approximate surface area is 137 Å². The Morgan fingerprint density at radius 1 is 1.17 bits per heavy atom. The highest BCUT2D eigenvalue weighted by Crippen LogP contribution is 2.38. The van der Waals surface area contributed by atoms with E-state index in [0.717, 1.165) is 31.4 Å². The number of aromatic nitrogens is 2. The number of fused-ring (bicyclic) bond motifs is 2. The fourth-order valence-corrected chi connectivity index (χ4v) is 3.45. The normalized spacial score (nSPS) is 27.0. The molecule has 23 heavy (non-hydrogen) atoms. The van der Waals surface area contributed by atoms with Crippen LogP contribution in [0.3, 0.4) is 0 Å². The van der Waals surface area contributed by atoms with Crippen molar-refractivity contribution in [1.29, 1.82) is 0 Å². The van der Waals surface area contributed by atoms with Crippen LogP contribution >= 0.6 is 0 Å². The van der Waals surface area contributed by atoms with E-state index in [9.17, 15) is 4.79 Å². The van der Waals surface area contributed by atoms with Gasteiger partial charge in [0.1, 0.15) is 11.7 Å². The van der Waals surface area contributed by atoms with Gasteiger partial charge in [0.2, 0.25) is 5.88 Å². The number of hydrogen-bond donors (Lipinski definition) is 0. The summed E-state index contributed by atoms with van der Waals surface area (Å²) in [7, 11) is 0. The van der Waals surface area contributed by atoms with Crippen molar-refractivity contribution >= 4 is 6.09 Å². The molecule has 2 fully saturated rings. The summed E-state index contributed by atoms with van der Waals surface area (Å²) in [5.74, 6) is 0.561. The predicted molar refractivity (Wildman–Crippen MR) is 85.3 cm³/mol. The van der Waals surface area contributed by atoms with Crippen LogP contribution in [0, 0.1) is 6.92 Å². The van der Waals surface area contributed by atoms with E-state index in [1.54, 1.807) is 12.4 Å². The topological polar surface area (TPSA) is 64.5 Å². The quantitative estimate of drug-likeness (QED) is 0.838. The van der Waals surface area contributed by atoms with E-state index in [0.29, 0.717) is 5.88 Å². The molecule has 126 valence electrons. The van der Waals surface area contributed by atoms with Gasteiger partial charge in [-0.3, -0.25) is 4.98 Å². The molecule has 0 aliphatic carbocycles. The molecule has 0 spiro atoms. The standard InChI is InChI=1S/C17H25N3O3/c1-11-9-19-15(10-18-11)22-14-7-12-5-6-13(8-14)20(12)16(21)23-17(2,3)4/h9-10,12-14H,5-8H2,1-4H3/t12-,13+,14?. The maximum absolute atomic E-state index is 12.4. The number of aryl methyl sites for hydroxylation is 1. The van der Waals surface area contributed by atoms with Crippen LogP contribution in [0.15, 0.2) is 12.4 Å². The molecule has 2 bridgehead atoms. The molecule has 6 nitrogen and oxygen atoms in total. The fraction of sp³-hybridized carbons (Fsp3) is 0.706. The first-order chi connectivity index (χ1) is 10.8. The minimum atomic E-state index is -0.457. The molecule has 1 aromatic heterocycles. The lowest BCUT2D eigenvalue weighted by Gasteiger charge is -2.39. The number of carbonyl (C=O) groups excluding carboxylic acids is 1. The van der Waals surface area contributed by atoms with Gasteiger partial charge in [0.05, 0.1) is 18.1 Å². The highest BCUT2D eigenvalue weighted by molar-refractivity contribution is 5.69. The molecule has 1 amide bonds. The molecule has 2 saturated heterocycles. The minimum Gasteiger partial charge on any atom is -0.473 e. The van der Waals surface area contributed by atoms with Crippen molar-refractivity contribution in [1.82, 2.24) is 14.9 Å². The summed E-state index contributed by atoms with van der Waals surface area (Å²) in [6.45, 7) is 7.60. The molecule has 2 aliphatic rings. The molecule has 3 atom stereocenters. The molecule has 2 aliphatic heterocycles. The van der Waals surface area contributed by atoms with Crippen LogP contribution in [0.4, 0.5) is 4.79 Å². The maximum atomic E-state index is 12.4. The Balaban J connectivity index is 1.62. The van der Waals surface area contributed by atoms with Crippen molar-refractivity contribution in [3.8, 4) is 5.88 Å². The molecule has 0 N–H and O–H groups in total. The number of amides is 1. The van der Waals surface area contributed by atoms with Crippen LogP contribution in [0.1, 0.15) is 52.1 Å². The summed E-state index contributed by atoms with van der Waals surface area (Å²) >= 11 is 0. The zero-order valence-electron chi connectivity index (χ0n) is 14.3. The lowest BCUT2D eigenvalue weighted by atomic mass is 10.0. The lowest BCUT2D eigenvalue weighted by Crippen LogP contribution is -2.50. The van der Waals surface area contributed by atoms with Crippen molar-refractivity contribution in [3.05, 3.63) is 18.1 Å². The summed E-state index contributed by atoms with van der Waals surface area (Å²) in [6.07, 6.45) is 6.95. The second kappa shape index (κ2) is 5.98. The molecule has 0 aromatic carbocycles. The van der Waals surface area contributed by atoms with Gasteiger partial charge in [-0.05, 0) is 40.5 Å². The van der Waals surface area contributed by atoms with Crippen molar-refractivity contribution in [2.75, 3.05) is 0 Å². The van der Waals surface area contributed by atoms with Gasteiger partial charge in [-0.2, -0.15) is 0 Å². The summed E-state index contributed by atoms with van der Waals surface area (Å²) in [5, 5.41) is 0. The Morgan fingerprint density at radius 3 is 2.35 bits per heavy atom. The van der Waals surface area contributed by atoms with Crippen molar-refractivity contribution in [2.24, 2.45) is 0 Å². The molecule has 3 heterocycles. The molecule has 1 unspecified atom stereocenters. The van der Waals surface area contributed by atoms with Gasteiger partial charge in [0.15, 0.2) is 0 Å². The number of nitrogens with zero attached hydrogens (tertiary/aromatic N) is 3. The second-order valence-corrected chi connectivity index (χ2v) is 7.48. The maximum Gasteiger partial charge on any atom is 0.410 e. The SMILES string of the molecule is Cc1cnc(OC2C[C@H]3CC[C@@H](C2)N3C(=O)OC(C)(C)C)cn1. The van der Waals surface area contributed by atoms with Crippen LogP contribution in [-0.2, 0) is 4.74 Å². The zero-order chi connectivity index (χ0) is 16.6. The van der Waals surface area contributed by atoms with Crippen molar-refractivity contribution < 1.29 is 14.3 Å². The average molecular weight is 319 g/mol. The van der Waals surface area contributed by atoms with Gasteiger partial charge in [-0.15, -0.1) is 0 Å². The van der Waals surface area contributed by atoms with Gasteiger partial charge >= 0.3 is 6.09 Å². The fourth-order valence-electron chi connectivity index (χ4n) is 3.45. The van der Waals surface area contributed by atoms with E-state index in [1.165, 1.54) is 0 Å². The lowest BCUT2D eigenvalue weighted by molar-refractivity contribution is -0.00765. The molecule has 1 aromatic rings. The highest BCUT2D eigenvalue weighted by Gasteiger charge is 2.45. The van der Waals surface area contributed by atoms with E-state index in [2.05, 4.69) is 9.97 Å². The first kappa shape index (κ1) is 16.0. The van der Waals surface area contributed by atoms with Crippen molar-refractivity contribution in [2.45, 2.75) is 77.2 Å². The Kier molecular flexibility index (Phi) is 4.17. The van der Waals surface area contributed by atoms with Gasteiger partial charge in [-0.1, -0.05) is 0 Å². The smallest absolute Gasteiger partial charge is 0.410 e. The Morgan fingerprint density at radius 2 is 1.83 bits per heavy atom. The molecular weight excluding hydrogens is 294 g/mol. The van der Waals surface area contributed by atoms with Crippen molar-refractivity contribution in [3.63, 3.8) is 0 Å². The molecule has 0 radical (unpaired) electrons. The number of piperidine rings is 1. The third-order valence-electron chi connectivity index (χ3n) is 4.34. The molecule has 3 rings (SSSR count). The Hall–Kier alpha value is -1.85. The largest absolute Gasteiger partial charge is 0.473 e. The third-order valence-corrected chi connectivity index (χ3v) is 4.34. The number of hydrogen-bond acceptors (Lipinski definition) is 5.